The highest BCUT2D eigenvalue weighted by molar-refractivity contribution is 7.80. The number of carboxylic acid groups (broad SMARTS) is 1. The van der Waals surface area contributed by atoms with Gasteiger partial charge in [0.15, 0.2) is 0 Å². The number of benzene rings is 1. The monoisotopic (exact) mass is 495 g/mol. The van der Waals surface area contributed by atoms with Crippen molar-refractivity contribution in [2.24, 2.45) is 17.4 Å². The number of nitrogens with two attached hydrogens (primary N) is 2. The standard InChI is InChI=1S/C23H37N5O5S/c1-14(2)19(22(31)26-17(23(32)33)10-6-7-11-24)28-21(30)18(27-20(29)16(25)13-34)12-15-8-4-3-5-9-15/h3-5,8-9,14,16-19,34H,6-7,10-13,24-25H2,1-2H3,(H,26,31)(H,27,29)(H,28,30)(H,32,33). The fourth-order valence-electron chi connectivity index (χ4n) is 3.22. The van der Waals surface area contributed by atoms with Crippen LogP contribution in [0.3, 0.4) is 0 Å². The van der Waals surface area contributed by atoms with Gasteiger partial charge in [-0.05, 0) is 37.3 Å². The SMILES string of the molecule is CC(C)C(NC(=O)C(Cc1ccccc1)NC(=O)C(N)CS)C(=O)NC(CCCCN)C(=O)O. The fourth-order valence-corrected chi connectivity index (χ4v) is 3.39. The largest absolute Gasteiger partial charge is 0.480 e. The summed E-state index contributed by atoms with van der Waals surface area (Å²) in [6.07, 6.45) is 1.59. The second-order valence-corrected chi connectivity index (χ2v) is 8.82. The van der Waals surface area contributed by atoms with Gasteiger partial charge in [-0.15, -0.1) is 0 Å². The normalized spacial score (nSPS) is 14.5. The molecule has 4 unspecified atom stereocenters. The number of carbonyl (C=O) groups excluding carboxylic acids is 3. The van der Waals surface area contributed by atoms with E-state index >= 15 is 0 Å². The minimum absolute atomic E-state index is 0.100. The predicted octanol–water partition coefficient (Wildman–Crippen LogP) is -0.190. The number of unbranched alkanes of at least 4 members (excludes halogenated alkanes) is 1. The van der Waals surface area contributed by atoms with Crippen LogP contribution in [0, 0.1) is 5.92 Å². The Bertz CT molecular complexity index is 808. The van der Waals surface area contributed by atoms with E-state index in [9.17, 15) is 24.3 Å². The lowest BCUT2D eigenvalue weighted by atomic mass is 10.00. The zero-order chi connectivity index (χ0) is 25.7. The van der Waals surface area contributed by atoms with Gasteiger partial charge in [0.2, 0.25) is 17.7 Å². The van der Waals surface area contributed by atoms with Crippen LogP contribution < -0.4 is 27.4 Å². The molecule has 0 spiro atoms. The van der Waals surface area contributed by atoms with Crippen LogP contribution in [0.4, 0.5) is 0 Å². The van der Waals surface area contributed by atoms with Crippen molar-refractivity contribution in [2.75, 3.05) is 12.3 Å². The maximum Gasteiger partial charge on any atom is 0.326 e. The molecule has 0 bridgehead atoms. The molecule has 190 valence electrons. The zero-order valence-electron chi connectivity index (χ0n) is 19.7. The third kappa shape index (κ3) is 10.1. The first-order chi connectivity index (χ1) is 16.1. The predicted molar refractivity (Wildman–Crippen MR) is 133 cm³/mol. The Labute approximate surface area is 206 Å². The molecule has 0 saturated carbocycles. The molecule has 1 aromatic carbocycles. The molecule has 3 amide bonds. The molecule has 0 heterocycles. The first-order valence-electron chi connectivity index (χ1n) is 11.3. The van der Waals surface area contributed by atoms with Crippen LogP contribution in [-0.4, -0.2) is 65.3 Å². The lowest BCUT2D eigenvalue weighted by Crippen LogP contribution is -2.59. The molecule has 10 nitrogen and oxygen atoms in total. The van der Waals surface area contributed by atoms with Crippen molar-refractivity contribution in [1.29, 1.82) is 0 Å². The highest BCUT2D eigenvalue weighted by atomic mass is 32.1. The minimum Gasteiger partial charge on any atom is -0.480 e. The van der Waals surface area contributed by atoms with E-state index in [1.807, 2.05) is 30.3 Å². The number of rotatable bonds is 15. The number of aliphatic carboxylic acids is 1. The van der Waals surface area contributed by atoms with Crippen molar-refractivity contribution in [3.8, 4) is 0 Å². The molecule has 11 heteroatoms. The van der Waals surface area contributed by atoms with Crippen molar-refractivity contribution in [1.82, 2.24) is 16.0 Å². The molecular formula is C23H37N5O5S. The summed E-state index contributed by atoms with van der Waals surface area (Å²) in [6, 6.07) is 5.10. The first kappa shape index (κ1) is 29.4. The lowest BCUT2D eigenvalue weighted by Gasteiger charge is -2.27. The summed E-state index contributed by atoms with van der Waals surface area (Å²) in [5.41, 5.74) is 12.0. The second kappa shape index (κ2) is 15.3. The Morgan fingerprint density at radius 3 is 2.09 bits per heavy atom. The number of amides is 3. The van der Waals surface area contributed by atoms with E-state index in [1.54, 1.807) is 13.8 Å². The van der Waals surface area contributed by atoms with Gasteiger partial charge in [0, 0.05) is 12.2 Å². The van der Waals surface area contributed by atoms with Crippen LogP contribution in [0.1, 0.15) is 38.7 Å². The molecule has 34 heavy (non-hydrogen) atoms. The third-order valence-corrected chi connectivity index (χ3v) is 5.65. The maximum atomic E-state index is 13.1. The molecule has 8 N–H and O–H groups in total. The Morgan fingerprint density at radius 1 is 0.941 bits per heavy atom. The Hall–Kier alpha value is -2.63. The van der Waals surface area contributed by atoms with Gasteiger partial charge in [0.25, 0.3) is 0 Å². The van der Waals surface area contributed by atoms with E-state index in [2.05, 4.69) is 28.6 Å². The van der Waals surface area contributed by atoms with Crippen molar-refractivity contribution < 1.29 is 24.3 Å². The number of carbonyl (C=O) groups is 4. The van der Waals surface area contributed by atoms with Gasteiger partial charge in [-0.25, -0.2) is 4.79 Å². The molecule has 0 fully saturated rings. The molecular weight excluding hydrogens is 458 g/mol. The van der Waals surface area contributed by atoms with E-state index in [1.165, 1.54) is 0 Å². The first-order valence-corrected chi connectivity index (χ1v) is 12.0. The van der Waals surface area contributed by atoms with Crippen molar-refractivity contribution >= 4 is 36.3 Å². The summed E-state index contributed by atoms with van der Waals surface area (Å²) in [5.74, 6) is -3.12. The Morgan fingerprint density at radius 2 is 1.56 bits per heavy atom. The molecule has 0 radical (unpaired) electrons. The Kier molecular flexibility index (Phi) is 13.2. The van der Waals surface area contributed by atoms with Crippen LogP contribution >= 0.6 is 12.6 Å². The minimum atomic E-state index is -1.16. The molecule has 0 aliphatic heterocycles. The van der Waals surface area contributed by atoms with Crippen molar-refractivity contribution in [3.05, 3.63) is 35.9 Å². The van der Waals surface area contributed by atoms with Crippen LogP contribution in [0.5, 0.6) is 0 Å². The quantitative estimate of drug-likeness (QED) is 0.130. The van der Waals surface area contributed by atoms with Crippen LogP contribution in [0.15, 0.2) is 30.3 Å². The summed E-state index contributed by atoms with van der Waals surface area (Å²) in [7, 11) is 0. The van der Waals surface area contributed by atoms with E-state index in [0.717, 1.165) is 5.56 Å². The van der Waals surface area contributed by atoms with Gasteiger partial charge in [-0.3, -0.25) is 14.4 Å². The van der Waals surface area contributed by atoms with E-state index in [0.29, 0.717) is 19.4 Å². The van der Waals surface area contributed by atoms with Gasteiger partial charge in [-0.2, -0.15) is 12.6 Å². The summed E-state index contributed by atoms with van der Waals surface area (Å²) in [5, 5.41) is 17.3. The van der Waals surface area contributed by atoms with Crippen LogP contribution in [0.25, 0.3) is 0 Å². The third-order valence-electron chi connectivity index (χ3n) is 5.26. The van der Waals surface area contributed by atoms with E-state index < -0.39 is 47.9 Å². The van der Waals surface area contributed by atoms with Gasteiger partial charge >= 0.3 is 5.97 Å². The number of nitrogens with one attached hydrogen (secondary N) is 3. The van der Waals surface area contributed by atoms with Crippen LogP contribution in [-0.2, 0) is 25.6 Å². The summed E-state index contributed by atoms with van der Waals surface area (Å²) in [4.78, 5) is 50.0. The topological polar surface area (TPSA) is 177 Å². The van der Waals surface area contributed by atoms with Crippen LogP contribution in [0.2, 0.25) is 0 Å². The highest BCUT2D eigenvalue weighted by Crippen LogP contribution is 2.09. The van der Waals surface area contributed by atoms with Gasteiger partial charge in [-0.1, -0.05) is 44.2 Å². The van der Waals surface area contributed by atoms with Gasteiger partial charge in [0.05, 0.1) is 6.04 Å². The number of thiol groups is 1. The maximum absolute atomic E-state index is 13.1. The zero-order valence-corrected chi connectivity index (χ0v) is 20.6. The average Bonchev–Trinajstić information content (AvgIpc) is 2.80. The van der Waals surface area contributed by atoms with Crippen molar-refractivity contribution in [3.63, 3.8) is 0 Å². The number of hydrogen-bond donors (Lipinski definition) is 7. The van der Waals surface area contributed by atoms with Gasteiger partial charge in [0.1, 0.15) is 18.1 Å². The second-order valence-electron chi connectivity index (χ2n) is 8.45. The molecule has 0 saturated heterocycles. The molecule has 1 aromatic rings. The average molecular weight is 496 g/mol. The fraction of sp³-hybridized carbons (Fsp3) is 0.565. The van der Waals surface area contributed by atoms with E-state index in [4.69, 9.17) is 11.5 Å². The Balaban J connectivity index is 2.99. The summed E-state index contributed by atoms with van der Waals surface area (Å²) >= 11 is 4.02. The van der Waals surface area contributed by atoms with E-state index in [-0.39, 0.29) is 24.5 Å². The molecule has 0 aliphatic carbocycles. The molecule has 0 aromatic heterocycles. The molecule has 1 rings (SSSR count). The molecule has 4 atom stereocenters. The summed E-state index contributed by atoms with van der Waals surface area (Å²) in [6.45, 7) is 3.89. The summed E-state index contributed by atoms with van der Waals surface area (Å²) < 4.78 is 0. The number of hydrogen-bond acceptors (Lipinski definition) is 7. The molecule has 0 aliphatic rings. The smallest absolute Gasteiger partial charge is 0.326 e. The lowest BCUT2D eigenvalue weighted by molar-refractivity contribution is -0.142. The highest BCUT2D eigenvalue weighted by Gasteiger charge is 2.31. The van der Waals surface area contributed by atoms with Gasteiger partial charge < -0.3 is 32.5 Å². The number of carboxylic acids is 1. The van der Waals surface area contributed by atoms with Crippen molar-refractivity contribution in [2.45, 2.75) is 63.7 Å².